The van der Waals surface area contributed by atoms with Crippen LogP contribution in [0.15, 0.2) is 23.6 Å². The molecule has 0 aromatic carbocycles. The van der Waals surface area contributed by atoms with E-state index in [1.54, 1.807) is 22.6 Å². The average Bonchev–Trinajstić information content (AvgIpc) is 3.30. The Morgan fingerprint density at radius 1 is 1.19 bits per heavy atom. The Morgan fingerprint density at radius 2 is 2.04 bits per heavy atom. The first-order valence-corrected chi connectivity index (χ1v) is 9.24. The third-order valence-corrected chi connectivity index (χ3v) is 5.24. The highest BCUT2D eigenvalue weighted by Crippen LogP contribution is 2.17. The van der Waals surface area contributed by atoms with Crippen LogP contribution >= 0.6 is 11.8 Å². The van der Waals surface area contributed by atoms with Gasteiger partial charge in [-0.05, 0) is 22.6 Å². The van der Waals surface area contributed by atoms with Crippen LogP contribution in [-0.4, -0.2) is 82.8 Å². The number of thioether (sulfide) groups is 1. The Labute approximate surface area is 153 Å². The molecule has 0 saturated carbocycles. The van der Waals surface area contributed by atoms with Crippen LogP contribution in [0.4, 0.5) is 5.82 Å². The molecule has 1 aliphatic rings. The number of fused-ring (bicyclic) bond motifs is 1. The Balaban J connectivity index is 1.27. The van der Waals surface area contributed by atoms with Gasteiger partial charge in [-0.3, -0.25) is 4.79 Å². The SMILES string of the molecule is Cn1nnnc1SCCC(=O)N1CCN(c2ccc3nncn3n2)CC1. The predicted molar refractivity (Wildman–Crippen MR) is 93.7 cm³/mol. The third-order valence-electron chi connectivity index (χ3n) is 4.23. The molecule has 3 aromatic rings. The first-order valence-electron chi connectivity index (χ1n) is 8.25. The van der Waals surface area contributed by atoms with E-state index in [0.717, 1.165) is 29.7 Å². The average molecular weight is 374 g/mol. The lowest BCUT2D eigenvalue weighted by Gasteiger charge is -2.35. The fourth-order valence-electron chi connectivity index (χ4n) is 2.80. The van der Waals surface area contributed by atoms with Crippen molar-refractivity contribution in [2.24, 2.45) is 7.05 Å². The van der Waals surface area contributed by atoms with Crippen LogP contribution in [-0.2, 0) is 11.8 Å². The van der Waals surface area contributed by atoms with Crippen molar-refractivity contribution in [1.82, 2.24) is 44.9 Å². The van der Waals surface area contributed by atoms with Crippen molar-refractivity contribution in [2.75, 3.05) is 36.8 Å². The van der Waals surface area contributed by atoms with E-state index in [0.29, 0.717) is 25.3 Å². The second-order valence-electron chi connectivity index (χ2n) is 5.88. The van der Waals surface area contributed by atoms with Crippen molar-refractivity contribution in [3.05, 3.63) is 18.5 Å². The van der Waals surface area contributed by atoms with E-state index >= 15 is 0 Å². The summed E-state index contributed by atoms with van der Waals surface area (Å²) in [6, 6.07) is 3.83. The third kappa shape index (κ3) is 3.45. The van der Waals surface area contributed by atoms with E-state index in [1.807, 2.05) is 17.0 Å². The summed E-state index contributed by atoms with van der Waals surface area (Å²) in [7, 11) is 1.79. The van der Waals surface area contributed by atoms with Gasteiger partial charge in [0, 0.05) is 45.4 Å². The lowest BCUT2D eigenvalue weighted by atomic mass is 10.3. The van der Waals surface area contributed by atoms with Crippen LogP contribution in [0.25, 0.3) is 5.65 Å². The van der Waals surface area contributed by atoms with E-state index in [1.165, 1.54) is 11.8 Å². The van der Waals surface area contributed by atoms with Gasteiger partial charge in [0.25, 0.3) is 0 Å². The molecule has 1 aliphatic heterocycles. The fourth-order valence-corrected chi connectivity index (χ4v) is 3.58. The predicted octanol–water partition coefficient (Wildman–Crippen LogP) is -0.521. The minimum absolute atomic E-state index is 0.162. The van der Waals surface area contributed by atoms with E-state index in [9.17, 15) is 4.79 Å². The number of aryl methyl sites for hydroxylation is 1. The monoisotopic (exact) mass is 374 g/mol. The van der Waals surface area contributed by atoms with E-state index < -0.39 is 0 Å². The number of carbonyl (C=O) groups is 1. The normalized spacial score (nSPS) is 15.0. The number of hydrogen-bond donors (Lipinski definition) is 0. The lowest BCUT2D eigenvalue weighted by Crippen LogP contribution is -2.49. The molecule has 136 valence electrons. The van der Waals surface area contributed by atoms with Crippen molar-refractivity contribution in [1.29, 1.82) is 0 Å². The van der Waals surface area contributed by atoms with E-state index in [4.69, 9.17) is 0 Å². The van der Waals surface area contributed by atoms with Gasteiger partial charge in [0.1, 0.15) is 12.1 Å². The summed E-state index contributed by atoms with van der Waals surface area (Å²) >= 11 is 1.49. The van der Waals surface area contributed by atoms with Gasteiger partial charge in [-0.1, -0.05) is 11.8 Å². The number of rotatable bonds is 5. The van der Waals surface area contributed by atoms with Gasteiger partial charge in [-0.15, -0.1) is 20.4 Å². The summed E-state index contributed by atoms with van der Waals surface area (Å²) in [5.41, 5.74) is 0.721. The Kier molecular flexibility index (Phi) is 4.65. The number of amides is 1. The maximum atomic E-state index is 12.4. The first kappa shape index (κ1) is 16.7. The van der Waals surface area contributed by atoms with Crippen LogP contribution in [0.1, 0.15) is 6.42 Å². The van der Waals surface area contributed by atoms with Gasteiger partial charge >= 0.3 is 0 Å². The molecule has 0 unspecified atom stereocenters. The van der Waals surface area contributed by atoms with E-state index in [2.05, 4.69) is 35.7 Å². The maximum Gasteiger partial charge on any atom is 0.223 e. The largest absolute Gasteiger partial charge is 0.352 e. The minimum Gasteiger partial charge on any atom is -0.352 e. The molecule has 0 bridgehead atoms. The molecule has 0 spiro atoms. The molecular weight excluding hydrogens is 356 g/mol. The molecular formula is C14H18N10OS. The molecule has 0 aliphatic carbocycles. The lowest BCUT2D eigenvalue weighted by molar-refractivity contribution is -0.131. The molecule has 4 heterocycles. The summed E-state index contributed by atoms with van der Waals surface area (Å²) in [6.45, 7) is 2.90. The molecule has 1 amide bonds. The Bertz CT molecular complexity index is 900. The summed E-state index contributed by atoms with van der Waals surface area (Å²) in [4.78, 5) is 16.5. The first-order chi connectivity index (χ1) is 12.7. The smallest absolute Gasteiger partial charge is 0.223 e. The number of tetrazole rings is 1. The highest BCUT2D eigenvalue weighted by Gasteiger charge is 2.22. The molecule has 0 atom stereocenters. The molecule has 1 saturated heterocycles. The van der Waals surface area contributed by atoms with Gasteiger partial charge in [-0.2, -0.15) is 4.52 Å². The van der Waals surface area contributed by atoms with Crippen LogP contribution in [0.3, 0.4) is 0 Å². The molecule has 0 radical (unpaired) electrons. The van der Waals surface area contributed by atoms with Crippen molar-refractivity contribution in [2.45, 2.75) is 11.6 Å². The quantitative estimate of drug-likeness (QED) is 0.545. The number of piperazine rings is 1. The van der Waals surface area contributed by atoms with Gasteiger partial charge < -0.3 is 9.80 Å². The van der Waals surface area contributed by atoms with Crippen molar-refractivity contribution in [3.8, 4) is 0 Å². The summed E-state index contributed by atoms with van der Waals surface area (Å²) in [5.74, 6) is 1.70. The van der Waals surface area contributed by atoms with Gasteiger partial charge in [0.2, 0.25) is 11.1 Å². The highest BCUT2D eigenvalue weighted by molar-refractivity contribution is 7.99. The zero-order valence-corrected chi connectivity index (χ0v) is 15.1. The minimum atomic E-state index is 0.162. The maximum absolute atomic E-state index is 12.4. The van der Waals surface area contributed by atoms with Crippen LogP contribution in [0, 0.1) is 0 Å². The molecule has 26 heavy (non-hydrogen) atoms. The number of carbonyl (C=O) groups excluding carboxylic acids is 1. The summed E-state index contributed by atoms with van der Waals surface area (Å²) in [5, 5.41) is 24.3. The molecule has 1 fully saturated rings. The number of hydrogen-bond acceptors (Lipinski definition) is 9. The van der Waals surface area contributed by atoms with Crippen molar-refractivity contribution >= 4 is 29.1 Å². The Morgan fingerprint density at radius 3 is 2.81 bits per heavy atom. The van der Waals surface area contributed by atoms with Crippen LogP contribution < -0.4 is 4.90 Å². The molecule has 0 N–H and O–H groups in total. The zero-order chi connectivity index (χ0) is 17.9. The van der Waals surface area contributed by atoms with Gasteiger partial charge in [0.15, 0.2) is 5.65 Å². The number of aromatic nitrogens is 8. The standard InChI is InChI=1S/C14H18N10OS/c1-21-14(17-19-20-21)26-9-4-13(25)23-7-5-22(6-8-23)12-3-2-11-16-15-10-24(11)18-12/h2-3,10H,4-9H2,1H3. The second kappa shape index (κ2) is 7.23. The zero-order valence-electron chi connectivity index (χ0n) is 14.3. The number of anilines is 1. The van der Waals surface area contributed by atoms with E-state index in [-0.39, 0.29) is 5.91 Å². The van der Waals surface area contributed by atoms with Gasteiger partial charge in [0.05, 0.1) is 0 Å². The van der Waals surface area contributed by atoms with Gasteiger partial charge in [-0.25, -0.2) is 4.68 Å². The van der Waals surface area contributed by atoms with Crippen LogP contribution in [0.2, 0.25) is 0 Å². The molecule has 4 rings (SSSR count). The second-order valence-corrected chi connectivity index (χ2v) is 6.94. The molecule has 3 aromatic heterocycles. The summed E-state index contributed by atoms with van der Waals surface area (Å²) in [6.07, 6.45) is 2.06. The van der Waals surface area contributed by atoms with Crippen molar-refractivity contribution < 1.29 is 4.79 Å². The molecule has 11 nitrogen and oxygen atoms in total. The Hall–Kier alpha value is -2.76. The topological polar surface area (TPSA) is 110 Å². The highest BCUT2D eigenvalue weighted by atomic mass is 32.2. The van der Waals surface area contributed by atoms with Crippen molar-refractivity contribution in [3.63, 3.8) is 0 Å². The number of nitrogens with zero attached hydrogens (tertiary/aromatic N) is 10. The fraction of sp³-hybridized carbons (Fsp3) is 0.500. The summed E-state index contributed by atoms with van der Waals surface area (Å²) < 4.78 is 3.26. The van der Waals surface area contributed by atoms with Crippen LogP contribution in [0.5, 0.6) is 0 Å². The molecule has 12 heteroatoms.